The first-order chi connectivity index (χ1) is 9.40. The summed E-state index contributed by atoms with van der Waals surface area (Å²) in [6, 6.07) is 11.5. The molecule has 0 aromatic heterocycles. The number of carbonyl (C=O) groups is 1. The molecular weight excluding hydrogens is 248 g/mol. The number of allylic oxidation sites excluding steroid dienone is 2. The number of carbonyl (C=O) groups excluding carboxylic acids is 1. The van der Waals surface area contributed by atoms with Gasteiger partial charge in [0.1, 0.15) is 11.6 Å². The van der Waals surface area contributed by atoms with E-state index in [9.17, 15) is 10.1 Å². The molecular formula is C17H22N2O. The van der Waals surface area contributed by atoms with Crippen molar-refractivity contribution in [3.05, 3.63) is 47.2 Å². The zero-order chi connectivity index (χ0) is 15.3. The van der Waals surface area contributed by atoms with E-state index in [1.165, 1.54) is 0 Å². The van der Waals surface area contributed by atoms with Crippen molar-refractivity contribution in [1.29, 1.82) is 5.26 Å². The fraction of sp³-hybridized carbons (Fsp3) is 0.412. The van der Waals surface area contributed by atoms with Gasteiger partial charge in [-0.25, -0.2) is 0 Å². The van der Waals surface area contributed by atoms with E-state index in [1.807, 2.05) is 13.0 Å². The van der Waals surface area contributed by atoms with Crippen molar-refractivity contribution in [2.75, 3.05) is 0 Å². The first-order valence-electron chi connectivity index (χ1n) is 6.89. The van der Waals surface area contributed by atoms with Crippen LogP contribution < -0.4 is 0 Å². The summed E-state index contributed by atoms with van der Waals surface area (Å²) in [6.07, 6.45) is 0. The number of Topliss-reactive ketones (excluding diaryl/α,β-unsaturated/α-hetero) is 1. The SMILES string of the molecule is C/C(=C(/C#N)C(=O)c1ccccc1)N(C(C)C)C(C)C. The molecule has 0 fully saturated rings. The Balaban J connectivity index is 3.26. The highest BCUT2D eigenvalue weighted by atomic mass is 16.1. The summed E-state index contributed by atoms with van der Waals surface area (Å²) in [7, 11) is 0. The van der Waals surface area contributed by atoms with Crippen LogP contribution in [0.5, 0.6) is 0 Å². The van der Waals surface area contributed by atoms with Crippen LogP contribution in [0.25, 0.3) is 0 Å². The summed E-state index contributed by atoms with van der Waals surface area (Å²) in [6.45, 7) is 10.1. The van der Waals surface area contributed by atoms with Crippen LogP contribution in [0.3, 0.4) is 0 Å². The molecule has 0 aliphatic carbocycles. The molecule has 0 aliphatic heterocycles. The number of nitrogens with zero attached hydrogens (tertiary/aromatic N) is 2. The maximum atomic E-state index is 12.5. The van der Waals surface area contributed by atoms with Crippen molar-refractivity contribution in [3.63, 3.8) is 0 Å². The maximum Gasteiger partial charge on any atom is 0.205 e. The molecule has 3 heteroatoms. The second-order valence-corrected chi connectivity index (χ2v) is 5.36. The highest BCUT2D eigenvalue weighted by Gasteiger charge is 2.21. The molecule has 1 aromatic carbocycles. The predicted octanol–water partition coefficient (Wildman–Crippen LogP) is 3.79. The first kappa shape index (κ1) is 16.0. The molecule has 0 heterocycles. The van der Waals surface area contributed by atoms with E-state index in [0.29, 0.717) is 5.56 Å². The molecule has 0 spiro atoms. The summed E-state index contributed by atoms with van der Waals surface area (Å²) < 4.78 is 0. The summed E-state index contributed by atoms with van der Waals surface area (Å²) >= 11 is 0. The van der Waals surface area contributed by atoms with E-state index < -0.39 is 0 Å². The quantitative estimate of drug-likeness (QED) is 0.464. The maximum absolute atomic E-state index is 12.5. The minimum absolute atomic E-state index is 0.211. The summed E-state index contributed by atoms with van der Waals surface area (Å²) in [5.41, 5.74) is 1.51. The molecule has 0 saturated heterocycles. The van der Waals surface area contributed by atoms with Gasteiger partial charge in [-0.15, -0.1) is 0 Å². The Morgan fingerprint density at radius 3 is 2.00 bits per heavy atom. The fourth-order valence-corrected chi connectivity index (χ4v) is 2.53. The van der Waals surface area contributed by atoms with E-state index in [0.717, 1.165) is 5.70 Å². The van der Waals surface area contributed by atoms with Crippen molar-refractivity contribution in [2.45, 2.75) is 46.7 Å². The molecule has 0 amide bonds. The van der Waals surface area contributed by atoms with Crippen molar-refractivity contribution < 1.29 is 4.79 Å². The van der Waals surface area contributed by atoms with Crippen molar-refractivity contribution in [3.8, 4) is 6.07 Å². The molecule has 1 aromatic rings. The molecule has 3 nitrogen and oxygen atoms in total. The molecule has 0 N–H and O–H groups in total. The van der Waals surface area contributed by atoms with Gasteiger partial charge < -0.3 is 4.90 Å². The van der Waals surface area contributed by atoms with Gasteiger partial charge in [-0.05, 0) is 34.6 Å². The Labute approximate surface area is 121 Å². The monoisotopic (exact) mass is 270 g/mol. The molecule has 1 rings (SSSR count). The number of ketones is 1. The third-order valence-electron chi connectivity index (χ3n) is 3.24. The number of nitriles is 1. The van der Waals surface area contributed by atoms with Gasteiger partial charge in [-0.3, -0.25) is 4.79 Å². The Morgan fingerprint density at radius 1 is 1.10 bits per heavy atom. The molecule has 0 radical (unpaired) electrons. The third kappa shape index (κ3) is 3.48. The summed E-state index contributed by atoms with van der Waals surface area (Å²) in [5.74, 6) is -0.211. The van der Waals surface area contributed by atoms with Gasteiger partial charge in [0.05, 0.1) is 0 Å². The van der Waals surface area contributed by atoms with Crippen LogP contribution in [0.1, 0.15) is 45.0 Å². The lowest BCUT2D eigenvalue weighted by molar-refractivity contribution is 0.103. The predicted molar refractivity (Wildman–Crippen MR) is 81.2 cm³/mol. The number of hydrogen-bond acceptors (Lipinski definition) is 3. The molecule has 20 heavy (non-hydrogen) atoms. The van der Waals surface area contributed by atoms with Gasteiger partial charge in [0.2, 0.25) is 5.78 Å². The van der Waals surface area contributed by atoms with Crippen molar-refractivity contribution >= 4 is 5.78 Å². The number of hydrogen-bond donors (Lipinski definition) is 0. The second kappa shape index (κ2) is 6.91. The van der Waals surface area contributed by atoms with Gasteiger partial charge >= 0.3 is 0 Å². The van der Waals surface area contributed by atoms with Crippen LogP contribution in [0.15, 0.2) is 41.6 Å². The lowest BCUT2D eigenvalue weighted by Gasteiger charge is -2.34. The minimum atomic E-state index is -0.211. The van der Waals surface area contributed by atoms with Crippen LogP contribution in [0.4, 0.5) is 0 Å². The Bertz CT molecular complexity index is 528. The van der Waals surface area contributed by atoms with Crippen molar-refractivity contribution in [1.82, 2.24) is 4.90 Å². The van der Waals surface area contributed by atoms with Gasteiger partial charge in [-0.1, -0.05) is 30.3 Å². The number of benzene rings is 1. The standard InChI is InChI=1S/C17H22N2O/c1-12(2)19(13(3)4)14(5)16(11-18)17(20)15-9-7-6-8-10-15/h6-10,12-13H,1-5H3/b16-14+. The zero-order valence-electron chi connectivity index (χ0n) is 12.8. The zero-order valence-corrected chi connectivity index (χ0v) is 12.8. The van der Waals surface area contributed by atoms with Gasteiger partial charge in [-0.2, -0.15) is 5.26 Å². The van der Waals surface area contributed by atoms with E-state index >= 15 is 0 Å². The first-order valence-corrected chi connectivity index (χ1v) is 6.89. The second-order valence-electron chi connectivity index (χ2n) is 5.36. The van der Waals surface area contributed by atoms with Crippen LogP contribution in [0.2, 0.25) is 0 Å². The average Bonchev–Trinajstić information content (AvgIpc) is 2.39. The van der Waals surface area contributed by atoms with Crippen LogP contribution in [-0.2, 0) is 0 Å². The molecule has 106 valence electrons. The van der Waals surface area contributed by atoms with Gasteiger partial charge in [0.15, 0.2) is 0 Å². The molecule has 0 aliphatic rings. The highest BCUT2D eigenvalue weighted by molar-refractivity contribution is 6.11. The van der Waals surface area contributed by atoms with Crippen LogP contribution >= 0.6 is 0 Å². The largest absolute Gasteiger partial charge is 0.369 e. The van der Waals surface area contributed by atoms with Crippen LogP contribution in [0, 0.1) is 11.3 Å². The molecule has 0 bridgehead atoms. The van der Waals surface area contributed by atoms with Gasteiger partial charge in [0, 0.05) is 23.3 Å². The lowest BCUT2D eigenvalue weighted by atomic mass is 10.0. The Morgan fingerprint density at radius 2 is 1.60 bits per heavy atom. The van der Waals surface area contributed by atoms with Gasteiger partial charge in [0.25, 0.3) is 0 Å². The normalized spacial score (nSPS) is 12.1. The highest BCUT2D eigenvalue weighted by Crippen LogP contribution is 2.20. The number of rotatable bonds is 5. The topological polar surface area (TPSA) is 44.1 Å². The third-order valence-corrected chi connectivity index (χ3v) is 3.24. The van der Waals surface area contributed by atoms with Crippen molar-refractivity contribution in [2.24, 2.45) is 0 Å². The van der Waals surface area contributed by atoms with E-state index in [-0.39, 0.29) is 23.4 Å². The molecule has 0 saturated carbocycles. The summed E-state index contributed by atoms with van der Waals surface area (Å²) in [5, 5.41) is 9.39. The Kier molecular flexibility index (Phi) is 5.52. The lowest BCUT2D eigenvalue weighted by Crippen LogP contribution is -2.36. The van der Waals surface area contributed by atoms with E-state index in [4.69, 9.17) is 0 Å². The van der Waals surface area contributed by atoms with Crippen LogP contribution in [-0.4, -0.2) is 22.8 Å². The minimum Gasteiger partial charge on any atom is -0.369 e. The average molecular weight is 270 g/mol. The van der Waals surface area contributed by atoms with E-state index in [2.05, 4.69) is 38.7 Å². The molecule has 0 unspecified atom stereocenters. The van der Waals surface area contributed by atoms with E-state index in [1.54, 1.807) is 24.3 Å². The smallest absolute Gasteiger partial charge is 0.205 e. The fourth-order valence-electron chi connectivity index (χ4n) is 2.53. The molecule has 0 atom stereocenters. The summed E-state index contributed by atoms with van der Waals surface area (Å²) in [4.78, 5) is 14.6. The Hall–Kier alpha value is -2.08.